The molecule has 0 fully saturated rings. The number of nitrogens with zero attached hydrogens (tertiary/aromatic N) is 1. The number of halogens is 2. The van der Waals surface area contributed by atoms with Crippen LogP contribution in [-0.4, -0.2) is 10.9 Å². The molecule has 0 saturated heterocycles. The van der Waals surface area contributed by atoms with Gasteiger partial charge in [0.1, 0.15) is 5.52 Å². The summed E-state index contributed by atoms with van der Waals surface area (Å²) in [5.41, 5.74) is 5.19. The van der Waals surface area contributed by atoms with E-state index in [1.807, 2.05) is 48.5 Å². The summed E-state index contributed by atoms with van der Waals surface area (Å²) in [5, 5.41) is 2.96. The summed E-state index contributed by atoms with van der Waals surface area (Å²) in [6.45, 7) is 4.40. The van der Waals surface area contributed by atoms with Crippen LogP contribution in [0.1, 0.15) is 42.1 Å². The number of hydrogen-bond acceptors (Lipinski definition) is 3. The molecule has 0 aliphatic carbocycles. The highest BCUT2D eigenvalue weighted by molar-refractivity contribution is 14.1. The van der Waals surface area contributed by atoms with Crippen molar-refractivity contribution in [2.75, 3.05) is 5.32 Å². The van der Waals surface area contributed by atoms with E-state index in [4.69, 9.17) is 4.42 Å². The highest BCUT2D eigenvalue weighted by Gasteiger charge is 2.13. The second-order valence-corrected chi connectivity index (χ2v) is 9.62. The van der Waals surface area contributed by atoms with Crippen molar-refractivity contribution in [2.45, 2.75) is 26.2 Å². The lowest BCUT2D eigenvalue weighted by Gasteiger charge is -2.08. The Balaban J connectivity index is 1.54. The van der Waals surface area contributed by atoms with Crippen LogP contribution in [0.4, 0.5) is 5.69 Å². The first-order chi connectivity index (χ1) is 14.4. The van der Waals surface area contributed by atoms with Crippen molar-refractivity contribution in [2.24, 2.45) is 0 Å². The van der Waals surface area contributed by atoms with Gasteiger partial charge in [0.2, 0.25) is 5.89 Å². The van der Waals surface area contributed by atoms with E-state index in [0.717, 1.165) is 35.9 Å². The zero-order valence-corrected chi connectivity index (χ0v) is 20.9. The van der Waals surface area contributed by atoms with Crippen LogP contribution in [0.5, 0.6) is 0 Å². The SMILES string of the molecule is CC[C@@H](C)c1ccc2oc(-c3ccc(NC(=O)c4cc(I)ccc4I)cc3)nc2c1. The number of fused-ring (bicyclic) bond motifs is 1. The molecule has 0 unspecified atom stereocenters. The summed E-state index contributed by atoms with van der Waals surface area (Å²) in [5.74, 6) is 0.954. The second kappa shape index (κ2) is 9.05. The smallest absolute Gasteiger partial charge is 0.256 e. The van der Waals surface area contributed by atoms with Gasteiger partial charge in [0.05, 0.1) is 5.56 Å². The molecule has 0 bridgehead atoms. The molecule has 1 atom stereocenters. The third-order valence-corrected chi connectivity index (χ3v) is 6.77. The molecule has 6 heteroatoms. The summed E-state index contributed by atoms with van der Waals surface area (Å²) < 4.78 is 7.89. The molecular weight excluding hydrogens is 602 g/mol. The molecule has 0 aliphatic rings. The van der Waals surface area contributed by atoms with E-state index < -0.39 is 0 Å². The van der Waals surface area contributed by atoms with Crippen molar-refractivity contribution in [3.05, 3.63) is 78.9 Å². The number of benzene rings is 3. The van der Waals surface area contributed by atoms with Gasteiger partial charge in [-0.2, -0.15) is 0 Å². The number of carbonyl (C=O) groups excluding carboxylic acids is 1. The number of aromatic nitrogens is 1. The maximum atomic E-state index is 12.6. The molecule has 1 amide bonds. The van der Waals surface area contributed by atoms with Crippen LogP contribution < -0.4 is 5.32 Å². The average Bonchev–Trinajstić information content (AvgIpc) is 3.18. The third-order valence-electron chi connectivity index (χ3n) is 5.16. The average molecular weight is 622 g/mol. The van der Waals surface area contributed by atoms with Crippen LogP contribution in [-0.2, 0) is 0 Å². The highest BCUT2D eigenvalue weighted by atomic mass is 127. The first-order valence-electron chi connectivity index (χ1n) is 9.72. The van der Waals surface area contributed by atoms with Gasteiger partial charge >= 0.3 is 0 Å². The lowest BCUT2D eigenvalue weighted by atomic mass is 9.98. The predicted molar refractivity (Wildman–Crippen MR) is 138 cm³/mol. The molecule has 1 aromatic heterocycles. The summed E-state index contributed by atoms with van der Waals surface area (Å²) in [6.07, 6.45) is 1.09. The Kier molecular flexibility index (Phi) is 6.43. The Bertz CT molecular complexity index is 1220. The number of hydrogen-bond donors (Lipinski definition) is 1. The normalized spacial score (nSPS) is 12.1. The third kappa shape index (κ3) is 4.54. The maximum absolute atomic E-state index is 12.6. The van der Waals surface area contributed by atoms with Crippen LogP contribution in [0, 0.1) is 7.14 Å². The minimum atomic E-state index is -0.120. The predicted octanol–water partition coefficient (Wildman–Crippen LogP) is 7.47. The van der Waals surface area contributed by atoms with Gasteiger partial charge in [-0.05, 0) is 118 Å². The minimum absolute atomic E-state index is 0.120. The fraction of sp³-hybridized carbons (Fsp3) is 0.167. The summed E-state index contributed by atoms with van der Waals surface area (Å²) >= 11 is 4.39. The van der Waals surface area contributed by atoms with Gasteiger partial charge in [0.25, 0.3) is 5.91 Å². The summed E-state index contributed by atoms with van der Waals surface area (Å²) in [6, 6.07) is 19.6. The molecule has 30 heavy (non-hydrogen) atoms. The van der Waals surface area contributed by atoms with Crippen molar-refractivity contribution in [1.29, 1.82) is 0 Å². The molecule has 3 aromatic carbocycles. The van der Waals surface area contributed by atoms with Gasteiger partial charge in [-0.25, -0.2) is 4.98 Å². The lowest BCUT2D eigenvalue weighted by Crippen LogP contribution is -2.13. The highest BCUT2D eigenvalue weighted by Crippen LogP contribution is 2.28. The molecule has 4 rings (SSSR count). The topological polar surface area (TPSA) is 55.1 Å². The first kappa shape index (κ1) is 21.3. The number of carbonyl (C=O) groups is 1. The molecule has 4 aromatic rings. The van der Waals surface area contributed by atoms with E-state index in [2.05, 4.69) is 81.5 Å². The van der Waals surface area contributed by atoms with Crippen LogP contribution in [0.25, 0.3) is 22.6 Å². The van der Waals surface area contributed by atoms with Gasteiger partial charge in [0.15, 0.2) is 5.58 Å². The van der Waals surface area contributed by atoms with Gasteiger partial charge in [-0.3, -0.25) is 4.79 Å². The largest absolute Gasteiger partial charge is 0.436 e. The van der Waals surface area contributed by atoms with Crippen molar-refractivity contribution < 1.29 is 9.21 Å². The van der Waals surface area contributed by atoms with Gasteiger partial charge < -0.3 is 9.73 Å². The van der Waals surface area contributed by atoms with E-state index in [-0.39, 0.29) is 5.91 Å². The molecule has 1 N–H and O–H groups in total. The lowest BCUT2D eigenvalue weighted by molar-refractivity contribution is 0.102. The molecule has 0 radical (unpaired) electrons. The number of anilines is 1. The zero-order valence-electron chi connectivity index (χ0n) is 16.6. The number of amides is 1. The van der Waals surface area contributed by atoms with Crippen molar-refractivity contribution in [1.82, 2.24) is 4.98 Å². The van der Waals surface area contributed by atoms with Gasteiger partial charge in [-0.1, -0.05) is 19.9 Å². The van der Waals surface area contributed by atoms with Gasteiger partial charge in [0, 0.05) is 18.4 Å². The Morgan fingerprint density at radius 3 is 2.57 bits per heavy atom. The molecular formula is C24H20I2N2O2. The Morgan fingerprint density at radius 1 is 1.07 bits per heavy atom. The van der Waals surface area contributed by atoms with E-state index >= 15 is 0 Å². The van der Waals surface area contributed by atoms with Crippen molar-refractivity contribution in [3.63, 3.8) is 0 Å². The van der Waals surface area contributed by atoms with Gasteiger partial charge in [-0.15, -0.1) is 0 Å². The van der Waals surface area contributed by atoms with E-state index in [1.54, 1.807) is 0 Å². The summed E-state index contributed by atoms with van der Waals surface area (Å²) in [7, 11) is 0. The molecule has 0 saturated carbocycles. The maximum Gasteiger partial charge on any atom is 0.256 e. The fourth-order valence-electron chi connectivity index (χ4n) is 3.18. The first-order valence-corrected chi connectivity index (χ1v) is 11.9. The minimum Gasteiger partial charge on any atom is -0.436 e. The molecule has 4 nitrogen and oxygen atoms in total. The van der Waals surface area contributed by atoms with Crippen LogP contribution >= 0.6 is 45.2 Å². The fourth-order valence-corrected chi connectivity index (χ4v) is 4.25. The monoisotopic (exact) mass is 622 g/mol. The Morgan fingerprint density at radius 2 is 1.83 bits per heavy atom. The second-order valence-electron chi connectivity index (χ2n) is 7.21. The molecule has 1 heterocycles. The van der Waals surface area contributed by atoms with E-state index in [0.29, 0.717) is 17.4 Å². The quantitative estimate of drug-likeness (QED) is 0.235. The van der Waals surface area contributed by atoms with Crippen LogP contribution in [0.15, 0.2) is 65.1 Å². The van der Waals surface area contributed by atoms with Crippen molar-refractivity contribution in [3.8, 4) is 11.5 Å². The number of nitrogens with one attached hydrogen (secondary N) is 1. The molecule has 0 aliphatic heterocycles. The standard InChI is InChI=1S/C24H20I2N2O2/c1-3-14(2)16-6-11-22-21(12-16)28-24(30-22)15-4-8-18(9-5-15)27-23(29)19-13-17(25)7-10-20(19)26/h4-14H,3H2,1-2H3,(H,27,29)/t14-/m1/s1. The molecule has 152 valence electrons. The summed E-state index contributed by atoms with van der Waals surface area (Å²) in [4.78, 5) is 17.3. The molecule has 0 spiro atoms. The number of rotatable bonds is 5. The van der Waals surface area contributed by atoms with E-state index in [9.17, 15) is 4.79 Å². The Hall–Kier alpha value is -1.94. The van der Waals surface area contributed by atoms with Crippen LogP contribution in [0.2, 0.25) is 0 Å². The number of oxazole rings is 1. The van der Waals surface area contributed by atoms with E-state index in [1.165, 1.54) is 5.56 Å². The van der Waals surface area contributed by atoms with Crippen LogP contribution in [0.3, 0.4) is 0 Å². The zero-order chi connectivity index (χ0) is 21.3. The van der Waals surface area contributed by atoms with Crippen molar-refractivity contribution >= 4 is 67.9 Å². The Labute approximate surface area is 202 Å².